The number of benzene rings is 1. The summed E-state index contributed by atoms with van der Waals surface area (Å²) in [5.74, 6) is 0. The number of hydrogen-bond donors (Lipinski definition) is 1. The molecule has 0 amide bonds. The summed E-state index contributed by atoms with van der Waals surface area (Å²) in [6.07, 6.45) is 6.23. The second kappa shape index (κ2) is 6.39. The zero-order chi connectivity index (χ0) is 13.6. The highest BCUT2D eigenvalue weighted by Gasteiger charge is 2.23. The molecule has 0 bridgehead atoms. The van der Waals surface area contributed by atoms with Gasteiger partial charge in [0.15, 0.2) is 0 Å². The number of nitrogens with one attached hydrogen (secondary N) is 1. The Labute approximate surface area is 110 Å². The number of anilines is 1. The lowest BCUT2D eigenvalue weighted by molar-refractivity contribution is -0.110. The molecular weight excluding hydrogens is 222 g/mol. The fraction of sp³-hybridized carbons (Fsp3) is 0.438. The predicted octanol–water partition coefficient (Wildman–Crippen LogP) is 4.14. The first-order chi connectivity index (χ1) is 8.47. The van der Waals surface area contributed by atoms with Gasteiger partial charge < -0.3 is 10.1 Å². The standard InChI is InChI=1S/C16H23NO/c1-5-6-8-13-9-7-10-14(11-13)17-15(12-18)16(2,3)4/h6-12,15,17H,5H2,1-4H3/t15-/m1/s1. The van der Waals surface area contributed by atoms with E-state index in [1.54, 1.807) is 0 Å². The molecule has 1 aromatic carbocycles. The van der Waals surface area contributed by atoms with Gasteiger partial charge in [-0.15, -0.1) is 0 Å². The molecular formula is C16H23NO. The molecule has 1 aromatic rings. The Morgan fingerprint density at radius 1 is 1.33 bits per heavy atom. The summed E-state index contributed by atoms with van der Waals surface area (Å²) in [7, 11) is 0. The summed E-state index contributed by atoms with van der Waals surface area (Å²) in [6.45, 7) is 8.28. The summed E-state index contributed by atoms with van der Waals surface area (Å²) in [5, 5.41) is 3.28. The van der Waals surface area contributed by atoms with Gasteiger partial charge in [-0.25, -0.2) is 0 Å². The number of hydrogen-bond acceptors (Lipinski definition) is 2. The highest BCUT2D eigenvalue weighted by molar-refractivity contribution is 5.67. The first-order valence-electron chi connectivity index (χ1n) is 6.46. The molecule has 0 unspecified atom stereocenters. The van der Waals surface area contributed by atoms with Crippen LogP contribution in [0.1, 0.15) is 39.7 Å². The third kappa shape index (κ3) is 4.36. The maximum Gasteiger partial charge on any atom is 0.142 e. The smallest absolute Gasteiger partial charge is 0.142 e. The first kappa shape index (κ1) is 14.5. The monoisotopic (exact) mass is 245 g/mol. The van der Waals surface area contributed by atoms with Gasteiger partial charge in [0.2, 0.25) is 0 Å². The van der Waals surface area contributed by atoms with E-state index in [4.69, 9.17) is 0 Å². The molecule has 1 rings (SSSR count). The van der Waals surface area contributed by atoms with Gasteiger partial charge in [0, 0.05) is 5.69 Å². The molecule has 2 nitrogen and oxygen atoms in total. The van der Waals surface area contributed by atoms with E-state index < -0.39 is 0 Å². The zero-order valence-corrected chi connectivity index (χ0v) is 11.7. The van der Waals surface area contributed by atoms with Crippen molar-refractivity contribution >= 4 is 18.0 Å². The molecule has 1 atom stereocenters. The van der Waals surface area contributed by atoms with Crippen molar-refractivity contribution in [2.45, 2.75) is 40.2 Å². The van der Waals surface area contributed by atoms with Crippen molar-refractivity contribution in [1.29, 1.82) is 0 Å². The molecule has 0 spiro atoms. The average Bonchev–Trinajstić information content (AvgIpc) is 2.32. The van der Waals surface area contributed by atoms with E-state index >= 15 is 0 Å². The minimum atomic E-state index is -0.178. The summed E-state index contributed by atoms with van der Waals surface area (Å²) in [4.78, 5) is 11.1. The van der Waals surface area contributed by atoms with Crippen LogP contribution in [0.25, 0.3) is 6.08 Å². The van der Waals surface area contributed by atoms with Crippen molar-refractivity contribution in [3.8, 4) is 0 Å². The molecule has 0 aliphatic rings. The second-order valence-electron chi connectivity index (χ2n) is 5.56. The van der Waals surface area contributed by atoms with E-state index in [2.05, 4.69) is 57.3 Å². The number of allylic oxidation sites excluding steroid dienone is 1. The van der Waals surface area contributed by atoms with Gasteiger partial charge >= 0.3 is 0 Å². The van der Waals surface area contributed by atoms with Gasteiger partial charge in [-0.2, -0.15) is 0 Å². The molecule has 0 saturated carbocycles. The third-order valence-electron chi connectivity index (χ3n) is 2.82. The van der Waals surface area contributed by atoms with Crippen molar-refractivity contribution < 1.29 is 4.79 Å². The van der Waals surface area contributed by atoms with Crippen LogP contribution in [0.3, 0.4) is 0 Å². The van der Waals surface area contributed by atoms with Crippen molar-refractivity contribution in [2.75, 3.05) is 5.32 Å². The Kier molecular flexibility index (Phi) is 5.14. The van der Waals surface area contributed by atoms with Crippen LogP contribution < -0.4 is 5.32 Å². The van der Waals surface area contributed by atoms with Crippen LogP contribution in [0.4, 0.5) is 5.69 Å². The van der Waals surface area contributed by atoms with Crippen LogP contribution in [0, 0.1) is 5.41 Å². The van der Waals surface area contributed by atoms with Crippen LogP contribution in [-0.4, -0.2) is 12.3 Å². The lowest BCUT2D eigenvalue weighted by Crippen LogP contribution is -2.35. The van der Waals surface area contributed by atoms with E-state index in [9.17, 15) is 4.79 Å². The van der Waals surface area contributed by atoms with Crippen LogP contribution in [0.15, 0.2) is 30.3 Å². The Morgan fingerprint density at radius 2 is 2.06 bits per heavy atom. The lowest BCUT2D eigenvalue weighted by Gasteiger charge is -2.27. The fourth-order valence-corrected chi connectivity index (χ4v) is 1.62. The number of rotatable bonds is 5. The highest BCUT2D eigenvalue weighted by Crippen LogP contribution is 2.22. The summed E-state index contributed by atoms with van der Waals surface area (Å²) < 4.78 is 0. The van der Waals surface area contributed by atoms with E-state index in [0.29, 0.717) is 0 Å². The number of aldehydes is 1. The van der Waals surface area contributed by atoms with Gasteiger partial charge in [-0.05, 0) is 29.5 Å². The SMILES string of the molecule is CCC=Cc1cccc(N[C@H](C=O)C(C)(C)C)c1. The topological polar surface area (TPSA) is 29.1 Å². The highest BCUT2D eigenvalue weighted by atomic mass is 16.1. The molecule has 0 aliphatic heterocycles. The molecule has 18 heavy (non-hydrogen) atoms. The van der Waals surface area contributed by atoms with Gasteiger partial charge in [-0.1, -0.05) is 52.0 Å². The van der Waals surface area contributed by atoms with Gasteiger partial charge in [0.05, 0.1) is 6.04 Å². The Hall–Kier alpha value is -1.57. The molecule has 2 heteroatoms. The summed E-state index contributed by atoms with van der Waals surface area (Å²) in [6, 6.07) is 7.94. The molecule has 0 saturated heterocycles. The predicted molar refractivity (Wildman–Crippen MR) is 78.7 cm³/mol. The Morgan fingerprint density at radius 3 is 2.61 bits per heavy atom. The third-order valence-corrected chi connectivity index (χ3v) is 2.82. The average molecular weight is 245 g/mol. The maximum absolute atomic E-state index is 11.1. The summed E-state index contributed by atoms with van der Waals surface area (Å²) in [5.41, 5.74) is 2.05. The van der Waals surface area contributed by atoms with Crippen molar-refractivity contribution in [3.05, 3.63) is 35.9 Å². The fourth-order valence-electron chi connectivity index (χ4n) is 1.62. The molecule has 1 N–H and O–H groups in total. The van der Waals surface area contributed by atoms with Crippen LogP contribution in [-0.2, 0) is 4.79 Å². The van der Waals surface area contributed by atoms with E-state index in [1.807, 2.05) is 12.1 Å². The van der Waals surface area contributed by atoms with Crippen molar-refractivity contribution in [2.24, 2.45) is 5.41 Å². The number of carbonyl (C=O) groups is 1. The Balaban J connectivity index is 2.84. The molecule has 0 radical (unpaired) electrons. The van der Waals surface area contributed by atoms with Crippen molar-refractivity contribution in [3.63, 3.8) is 0 Å². The Bertz CT molecular complexity index is 415. The minimum Gasteiger partial charge on any atom is -0.375 e. The van der Waals surface area contributed by atoms with E-state index in [1.165, 1.54) is 0 Å². The molecule has 0 aromatic heterocycles. The first-order valence-corrected chi connectivity index (χ1v) is 6.46. The largest absolute Gasteiger partial charge is 0.375 e. The van der Waals surface area contributed by atoms with Gasteiger partial charge in [0.25, 0.3) is 0 Å². The second-order valence-corrected chi connectivity index (χ2v) is 5.56. The van der Waals surface area contributed by atoms with Crippen molar-refractivity contribution in [1.82, 2.24) is 0 Å². The normalized spacial score (nSPS) is 13.6. The zero-order valence-electron chi connectivity index (χ0n) is 11.7. The number of carbonyl (C=O) groups excluding carboxylic acids is 1. The van der Waals surface area contributed by atoms with Crippen LogP contribution in [0.2, 0.25) is 0 Å². The lowest BCUT2D eigenvalue weighted by atomic mass is 9.87. The summed E-state index contributed by atoms with van der Waals surface area (Å²) >= 11 is 0. The molecule has 0 heterocycles. The molecule has 98 valence electrons. The minimum absolute atomic E-state index is 0.0863. The quantitative estimate of drug-likeness (QED) is 0.790. The van der Waals surface area contributed by atoms with E-state index in [-0.39, 0.29) is 11.5 Å². The molecule has 0 fully saturated rings. The van der Waals surface area contributed by atoms with Crippen LogP contribution >= 0.6 is 0 Å². The van der Waals surface area contributed by atoms with Gasteiger partial charge in [-0.3, -0.25) is 0 Å². The van der Waals surface area contributed by atoms with Gasteiger partial charge in [0.1, 0.15) is 6.29 Å². The van der Waals surface area contributed by atoms with Crippen LogP contribution in [0.5, 0.6) is 0 Å². The molecule has 0 aliphatic carbocycles. The van der Waals surface area contributed by atoms with E-state index in [0.717, 1.165) is 24.0 Å². The maximum atomic E-state index is 11.1.